The van der Waals surface area contributed by atoms with Crippen LogP contribution in [0.5, 0.6) is 0 Å². The van der Waals surface area contributed by atoms with E-state index in [0.717, 1.165) is 17.1 Å². The number of hydrogen-bond donors (Lipinski definition) is 1. The van der Waals surface area contributed by atoms with E-state index >= 15 is 0 Å². The third-order valence-electron chi connectivity index (χ3n) is 6.27. The normalized spacial score (nSPS) is 15.5. The Morgan fingerprint density at radius 1 is 1.03 bits per heavy atom. The standard InChI is InChI=1S/C25H28FN3O3S/c1-18-16-24(19(2)29(18)22-10-8-21(26)9-11-22)25(30)27-17-20-12-14-28(15-13-20)33(31,32)23-6-4-3-5-7-23/h3-11,16,20H,12-15,17H2,1-2H3,(H,27,30). The van der Waals surface area contributed by atoms with E-state index in [4.69, 9.17) is 0 Å². The highest BCUT2D eigenvalue weighted by Crippen LogP contribution is 2.24. The van der Waals surface area contributed by atoms with Crippen molar-refractivity contribution >= 4 is 15.9 Å². The topological polar surface area (TPSA) is 71.4 Å². The van der Waals surface area contributed by atoms with Crippen molar-refractivity contribution in [1.29, 1.82) is 0 Å². The minimum atomic E-state index is -3.48. The molecular formula is C25H28FN3O3S. The number of rotatable bonds is 6. The summed E-state index contributed by atoms with van der Waals surface area (Å²) in [7, 11) is -3.48. The van der Waals surface area contributed by atoms with Crippen molar-refractivity contribution in [2.45, 2.75) is 31.6 Å². The summed E-state index contributed by atoms with van der Waals surface area (Å²) in [5, 5.41) is 3.02. The highest BCUT2D eigenvalue weighted by molar-refractivity contribution is 7.89. The van der Waals surface area contributed by atoms with E-state index in [1.54, 1.807) is 42.5 Å². The number of aryl methyl sites for hydroxylation is 1. The Kier molecular flexibility index (Phi) is 6.67. The van der Waals surface area contributed by atoms with E-state index in [-0.39, 0.29) is 17.6 Å². The van der Waals surface area contributed by atoms with Crippen LogP contribution in [0.1, 0.15) is 34.6 Å². The van der Waals surface area contributed by atoms with Crippen LogP contribution in [0.4, 0.5) is 4.39 Å². The molecule has 0 unspecified atom stereocenters. The molecule has 1 aliphatic heterocycles. The number of benzene rings is 2. The molecule has 0 spiro atoms. The summed E-state index contributed by atoms with van der Waals surface area (Å²) < 4.78 is 42.3. The molecule has 8 heteroatoms. The number of carbonyl (C=O) groups is 1. The van der Waals surface area contributed by atoms with Gasteiger partial charge in [-0.3, -0.25) is 4.79 Å². The first-order valence-corrected chi connectivity index (χ1v) is 12.5. The molecule has 1 fully saturated rings. The van der Waals surface area contributed by atoms with Gasteiger partial charge >= 0.3 is 0 Å². The summed E-state index contributed by atoms with van der Waals surface area (Å²) in [4.78, 5) is 13.2. The Labute approximate surface area is 194 Å². The maximum Gasteiger partial charge on any atom is 0.253 e. The maximum atomic E-state index is 13.3. The largest absolute Gasteiger partial charge is 0.352 e. The molecule has 1 amide bonds. The number of carbonyl (C=O) groups excluding carboxylic acids is 1. The fraction of sp³-hybridized carbons (Fsp3) is 0.320. The minimum absolute atomic E-state index is 0.157. The molecule has 1 N–H and O–H groups in total. The zero-order chi connectivity index (χ0) is 23.6. The molecule has 2 heterocycles. The highest BCUT2D eigenvalue weighted by Gasteiger charge is 2.29. The lowest BCUT2D eigenvalue weighted by molar-refractivity contribution is 0.0941. The van der Waals surface area contributed by atoms with E-state index in [2.05, 4.69) is 5.32 Å². The van der Waals surface area contributed by atoms with E-state index in [0.29, 0.717) is 42.9 Å². The second kappa shape index (κ2) is 9.49. The van der Waals surface area contributed by atoms with Crippen molar-refractivity contribution < 1.29 is 17.6 Å². The van der Waals surface area contributed by atoms with Crippen molar-refractivity contribution in [2.24, 2.45) is 5.92 Å². The van der Waals surface area contributed by atoms with Crippen LogP contribution in [-0.4, -0.2) is 42.8 Å². The van der Waals surface area contributed by atoms with Gasteiger partial charge in [-0.25, -0.2) is 12.8 Å². The minimum Gasteiger partial charge on any atom is -0.352 e. The van der Waals surface area contributed by atoms with E-state index in [9.17, 15) is 17.6 Å². The SMILES string of the molecule is Cc1cc(C(=O)NCC2CCN(S(=O)(=O)c3ccccc3)CC2)c(C)n1-c1ccc(F)cc1. The fourth-order valence-electron chi connectivity index (χ4n) is 4.41. The van der Waals surface area contributed by atoms with Gasteiger partial charge in [0, 0.05) is 36.7 Å². The molecule has 0 atom stereocenters. The Hall–Kier alpha value is -2.97. The molecule has 3 aromatic rings. The van der Waals surface area contributed by atoms with Crippen LogP contribution in [0.15, 0.2) is 65.6 Å². The van der Waals surface area contributed by atoms with Crippen LogP contribution in [0.2, 0.25) is 0 Å². The lowest BCUT2D eigenvalue weighted by Gasteiger charge is -2.31. The molecule has 1 aliphatic rings. The van der Waals surface area contributed by atoms with E-state index in [1.165, 1.54) is 16.4 Å². The highest BCUT2D eigenvalue weighted by atomic mass is 32.2. The van der Waals surface area contributed by atoms with Gasteiger partial charge < -0.3 is 9.88 Å². The molecular weight excluding hydrogens is 441 g/mol. The predicted molar refractivity (Wildman–Crippen MR) is 125 cm³/mol. The Bertz CT molecular complexity index is 1230. The molecule has 0 saturated carbocycles. The van der Waals surface area contributed by atoms with Crippen molar-refractivity contribution in [3.63, 3.8) is 0 Å². The van der Waals surface area contributed by atoms with Crippen LogP contribution in [-0.2, 0) is 10.0 Å². The lowest BCUT2D eigenvalue weighted by atomic mass is 9.98. The maximum absolute atomic E-state index is 13.3. The fourth-order valence-corrected chi connectivity index (χ4v) is 5.90. The summed E-state index contributed by atoms with van der Waals surface area (Å²) in [6.07, 6.45) is 1.39. The summed E-state index contributed by atoms with van der Waals surface area (Å²) in [6.45, 7) is 5.17. The Morgan fingerprint density at radius 3 is 2.30 bits per heavy atom. The molecule has 0 aliphatic carbocycles. The number of sulfonamides is 1. The van der Waals surface area contributed by atoms with Gasteiger partial charge in [-0.1, -0.05) is 18.2 Å². The molecule has 174 valence electrons. The summed E-state index contributed by atoms with van der Waals surface area (Å²) in [5.41, 5.74) is 3.07. The second-order valence-electron chi connectivity index (χ2n) is 8.47. The van der Waals surface area contributed by atoms with Gasteiger partial charge in [0.1, 0.15) is 5.82 Å². The smallest absolute Gasteiger partial charge is 0.253 e. The number of aromatic nitrogens is 1. The zero-order valence-electron chi connectivity index (χ0n) is 18.8. The van der Waals surface area contributed by atoms with Crippen LogP contribution in [0, 0.1) is 25.6 Å². The number of nitrogens with one attached hydrogen (secondary N) is 1. The molecule has 1 aromatic heterocycles. The number of nitrogens with zero attached hydrogens (tertiary/aromatic N) is 2. The third kappa shape index (κ3) is 4.86. The predicted octanol–water partition coefficient (Wildman–Crippen LogP) is 4.06. The first kappa shape index (κ1) is 23.2. The molecule has 4 rings (SSSR count). The monoisotopic (exact) mass is 469 g/mol. The summed E-state index contributed by atoms with van der Waals surface area (Å²) in [6, 6.07) is 16.5. The molecule has 0 bridgehead atoms. The van der Waals surface area contributed by atoms with Crippen LogP contribution >= 0.6 is 0 Å². The lowest BCUT2D eigenvalue weighted by Crippen LogP contribution is -2.41. The molecule has 1 saturated heterocycles. The Morgan fingerprint density at radius 2 is 1.67 bits per heavy atom. The average molecular weight is 470 g/mol. The summed E-state index contributed by atoms with van der Waals surface area (Å²) in [5.74, 6) is -0.241. The zero-order valence-corrected chi connectivity index (χ0v) is 19.6. The number of amides is 1. The van der Waals surface area contributed by atoms with E-state index < -0.39 is 10.0 Å². The van der Waals surface area contributed by atoms with Gasteiger partial charge in [0.15, 0.2) is 0 Å². The van der Waals surface area contributed by atoms with Crippen LogP contribution in [0.3, 0.4) is 0 Å². The third-order valence-corrected chi connectivity index (χ3v) is 8.18. The van der Waals surface area contributed by atoms with Gasteiger partial charge in [-0.15, -0.1) is 0 Å². The molecule has 6 nitrogen and oxygen atoms in total. The van der Waals surface area contributed by atoms with Gasteiger partial charge in [0.2, 0.25) is 10.0 Å². The van der Waals surface area contributed by atoms with Crippen molar-refractivity contribution in [2.75, 3.05) is 19.6 Å². The van der Waals surface area contributed by atoms with Gasteiger partial charge in [0.25, 0.3) is 5.91 Å². The summed E-state index contributed by atoms with van der Waals surface area (Å²) >= 11 is 0. The van der Waals surface area contributed by atoms with Crippen LogP contribution in [0.25, 0.3) is 5.69 Å². The number of hydrogen-bond acceptors (Lipinski definition) is 3. The van der Waals surface area contributed by atoms with Crippen molar-refractivity contribution in [3.05, 3.63) is 83.4 Å². The number of halogens is 1. The second-order valence-corrected chi connectivity index (χ2v) is 10.4. The number of piperidine rings is 1. The molecule has 2 aromatic carbocycles. The first-order chi connectivity index (χ1) is 15.8. The molecule has 33 heavy (non-hydrogen) atoms. The van der Waals surface area contributed by atoms with Gasteiger partial charge in [-0.05, 0) is 75.1 Å². The Balaban J connectivity index is 1.36. The molecule has 0 radical (unpaired) electrons. The van der Waals surface area contributed by atoms with Gasteiger partial charge in [0.05, 0.1) is 10.5 Å². The van der Waals surface area contributed by atoms with Crippen molar-refractivity contribution in [1.82, 2.24) is 14.2 Å². The van der Waals surface area contributed by atoms with Crippen LogP contribution < -0.4 is 5.32 Å². The van der Waals surface area contributed by atoms with Gasteiger partial charge in [-0.2, -0.15) is 4.31 Å². The first-order valence-electron chi connectivity index (χ1n) is 11.1. The van der Waals surface area contributed by atoms with Crippen molar-refractivity contribution in [3.8, 4) is 5.69 Å². The quantitative estimate of drug-likeness (QED) is 0.592. The average Bonchev–Trinajstić information content (AvgIpc) is 3.13. The van der Waals surface area contributed by atoms with E-state index in [1.807, 2.05) is 24.5 Å².